The molecule has 0 radical (unpaired) electrons. The predicted octanol–water partition coefficient (Wildman–Crippen LogP) is 1.71. The summed E-state index contributed by atoms with van der Waals surface area (Å²) >= 11 is 1.14. The lowest BCUT2D eigenvalue weighted by Gasteiger charge is -2.25. The number of methoxy groups -OCH3 is 1. The second kappa shape index (κ2) is 6.31. The van der Waals surface area contributed by atoms with Gasteiger partial charge in [-0.15, -0.1) is 11.3 Å². The van der Waals surface area contributed by atoms with E-state index in [-0.39, 0.29) is 16.8 Å². The van der Waals surface area contributed by atoms with Gasteiger partial charge >= 0.3 is 5.97 Å². The molecule has 0 saturated carbocycles. The molecule has 0 fully saturated rings. The first kappa shape index (κ1) is 15.1. The molecule has 18 heavy (non-hydrogen) atoms. The monoisotopic (exact) mass is 291 g/mol. The Morgan fingerprint density at radius 3 is 2.67 bits per heavy atom. The Bertz CT molecular complexity index is 481. The summed E-state index contributed by atoms with van der Waals surface area (Å²) in [7, 11) is -2.38. The molecule has 0 aliphatic carbocycles. The number of carbonyl (C=O) groups excluding carboxylic acids is 1. The quantitative estimate of drug-likeness (QED) is 0.749. The van der Waals surface area contributed by atoms with E-state index in [1.165, 1.54) is 17.5 Å². The zero-order valence-electron chi connectivity index (χ0n) is 10.6. The number of nitrogens with zero attached hydrogens (tertiary/aromatic N) is 1. The molecule has 0 amide bonds. The number of hydrogen-bond donors (Lipinski definition) is 0. The average molecular weight is 291 g/mol. The van der Waals surface area contributed by atoms with E-state index in [2.05, 4.69) is 4.74 Å². The molecule has 1 aromatic heterocycles. The second-order valence-electron chi connectivity index (χ2n) is 3.82. The molecule has 1 aromatic rings. The van der Waals surface area contributed by atoms with E-state index in [0.717, 1.165) is 11.3 Å². The normalized spacial score (nSPS) is 13.6. The van der Waals surface area contributed by atoms with Crippen molar-refractivity contribution in [2.75, 3.05) is 13.7 Å². The van der Waals surface area contributed by atoms with Gasteiger partial charge in [-0.2, -0.15) is 4.31 Å². The van der Waals surface area contributed by atoms with E-state index in [1.807, 2.05) is 6.92 Å². The summed E-state index contributed by atoms with van der Waals surface area (Å²) in [6.45, 7) is 3.39. The van der Waals surface area contributed by atoms with Crippen molar-refractivity contribution in [2.45, 2.75) is 30.5 Å². The zero-order valence-corrected chi connectivity index (χ0v) is 12.3. The highest BCUT2D eigenvalue weighted by atomic mass is 32.2. The smallest absolute Gasteiger partial charge is 0.321 e. The number of carbonyl (C=O) groups is 1. The topological polar surface area (TPSA) is 63.7 Å². The Labute approximate surface area is 111 Å². The first-order valence-electron chi connectivity index (χ1n) is 5.55. The number of ether oxygens (including phenoxy) is 1. The Morgan fingerprint density at radius 1 is 1.56 bits per heavy atom. The van der Waals surface area contributed by atoms with Gasteiger partial charge in [-0.25, -0.2) is 8.42 Å². The molecule has 1 atom stereocenters. The fourth-order valence-electron chi connectivity index (χ4n) is 1.40. The Balaban J connectivity index is 3.07. The molecule has 5 nitrogen and oxygen atoms in total. The highest BCUT2D eigenvalue weighted by Crippen LogP contribution is 2.23. The molecule has 0 bridgehead atoms. The molecule has 0 unspecified atom stereocenters. The maximum atomic E-state index is 12.4. The van der Waals surface area contributed by atoms with Crippen molar-refractivity contribution in [3.05, 3.63) is 17.5 Å². The van der Waals surface area contributed by atoms with Gasteiger partial charge in [0, 0.05) is 6.04 Å². The highest BCUT2D eigenvalue weighted by Gasteiger charge is 2.31. The molecule has 0 spiro atoms. The van der Waals surface area contributed by atoms with Crippen LogP contribution in [0.25, 0.3) is 0 Å². The molecule has 7 heteroatoms. The maximum Gasteiger partial charge on any atom is 0.321 e. The molecule has 1 rings (SSSR count). The van der Waals surface area contributed by atoms with Crippen LogP contribution in [-0.4, -0.2) is 38.4 Å². The summed E-state index contributed by atoms with van der Waals surface area (Å²) < 4.78 is 30.7. The summed E-state index contributed by atoms with van der Waals surface area (Å²) in [5.74, 6) is -0.560. The van der Waals surface area contributed by atoms with Gasteiger partial charge in [-0.1, -0.05) is 13.0 Å². The first-order chi connectivity index (χ1) is 8.43. The number of hydrogen-bond acceptors (Lipinski definition) is 5. The number of thiophene rings is 1. The van der Waals surface area contributed by atoms with Crippen LogP contribution in [0.5, 0.6) is 0 Å². The van der Waals surface area contributed by atoms with Crippen LogP contribution in [-0.2, 0) is 19.6 Å². The molecule has 0 saturated heterocycles. The van der Waals surface area contributed by atoms with E-state index in [1.54, 1.807) is 18.4 Å². The van der Waals surface area contributed by atoms with Crippen LogP contribution >= 0.6 is 11.3 Å². The van der Waals surface area contributed by atoms with E-state index in [4.69, 9.17) is 0 Å². The minimum Gasteiger partial charge on any atom is -0.468 e. The third kappa shape index (κ3) is 3.30. The van der Waals surface area contributed by atoms with Gasteiger partial charge in [0.1, 0.15) is 10.8 Å². The summed E-state index contributed by atoms with van der Waals surface area (Å²) in [5.41, 5.74) is 0. The van der Waals surface area contributed by atoms with Crippen LogP contribution in [0, 0.1) is 0 Å². The third-order valence-corrected chi connectivity index (χ3v) is 5.99. The van der Waals surface area contributed by atoms with E-state index >= 15 is 0 Å². The van der Waals surface area contributed by atoms with Gasteiger partial charge in [-0.3, -0.25) is 4.79 Å². The fourth-order valence-corrected chi connectivity index (χ4v) is 4.17. The van der Waals surface area contributed by atoms with Gasteiger partial charge in [0.2, 0.25) is 0 Å². The first-order valence-corrected chi connectivity index (χ1v) is 7.87. The van der Waals surface area contributed by atoms with Crippen molar-refractivity contribution in [2.24, 2.45) is 0 Å². The van der Waals surface area contributed by atoms with Crippen molar-refractivity contribution in [1.82, 2.24) is 4.31 Å². The minimum atomic E-state index is -3.62. The summed E-state index contributed by atoms with van der Waals surface area (Å²) in [4.78, 5) is 11.3. The molecule has 0 N–H and O–H groups in total. The molecule has 0 aliphatic heterocycles. The van der Waals surface area contributed by atoms with Gasteiger partial charge in [0.25, 0.3) is 10.0 Å². The largest absolute Gasteiger partial charge is 0.468 e. The third-order valence-electron chi connectivity index (χ3n) is 2.65. The molecular weight excluding hydrogens is 274 g/mol. The minimum absolute atomic E-state index is 0.242. The fraction of sp³-hybridized carbons (Fsp3) is 0.545. The van der Waals surface area contributed by atoms with Crippen LogP contribution < -0.4 is 0 Å². The van der Waals surface area contributed by atoms with Crippen LogP contribution in [0.15, 0.2) is 21.7 Å². The summed E-state index contributed by atoms with van der Waals surface area (Å²) in [6, 6.07) is 2.95. The summed E-state index contributed by atoms with van der Waals surface area (Å²) in [6.07, 6.45) is 0.627. The lowest BCUT2D eigenvalue weighted by molar-refractivity contribution is -0.141. The lowest BCUT2D eigenvalue weighted by atomic mass is 10.2. The SMILES string of the molecule is CC[C@@H](C)N(CC(=O)OC)S(=O)(=O)c1cccs1. The van der Waals surface area contributed by atoms with E-state index < -0.39 is 16.0 Å². The van der Waals surface area contributed by atoms with Crippen LogP contribution in [0.4, 0.5) is 0 Å². The van der Waals surface area contributed by atoms with Crippen molar-refractivity contribution in [1.29, 1.82) is 0 Å². The van der Waals surface area contributed by atoms with Crippen LogP contribution in [0.1, 0.15) is 20.3 Å². The van der Waals surface area contributed by atoms with Crippen molar-refractivity contribution < 1.29 is 17.9 Å². The van der Waals surface area contributed by atoms with E-state index in [9.17, 15) is 13.2 Å². The standard InChI is InChI=1S/C11H17NO4S2/c1-4-9(2)12(8-10(13)16-3)18(14,15)11-6-5-7-17-11/h5-7,9H,4,8H2,1-3H3/t9-/m1/s1. The highest BCUT2D eigenvalue weighted by molar-refractivity contribution is 7.91. The zero-order chi connectivity index (χ0) is 13.8. The Hall–Kier alpha value is -0.920. The van der Waals surface area contributed by atoms with E-state index in [0.29, 0.717) is 6.42 Å². The van der Waals surface area contributed by atoms with Gasteiger partial charge in [0.15, 0.2) is 0 Å². The lowest BCUT2D eigenvalue weighted by Crippen LogP contribution is -2.41. The Kier molecular flexibility index (Phi) is 5.30. The number of esters is 1. The van der Waals surface area contributed by atoms with Crippen LogP contribution in [0.2, 0.25) is 0 Å². The average Bonchev–Trinajstić information content (AvgIpc) is 2.88. The van der Waals surface area contributed by atoms with Crippen molar-refractivity contribution in [3.8, 4) is 0 Å². The predicted molar refractivity (Wildman–Crippen MR) is 70.0 cm³/mol. The van der Waals surface area contributed by atoms with Crippen molar-refractivity contribution in [3.63, 3.8) is 0 Å². The molecule has 0 aliphatic rings. The number of sulfonamides is 1. The Morgan fingerprint density at radius 2 is 2.22 bits per heavy atom. The maximum absolute atomic E-state index is 12.4. The molecule has 102 valence electrons. The van der Waals surface area contributed by atoms with Crippen LogP contribution in [0.3, 0.4) is 0 Å². The van der Waals surface area contributed by atoms with Gasteiger partial charge in [-0.05, 0) is 24.8 Å². The molecular formula is C11H17NO4S2. The molecule has 1 heterocycles. The summed E-state index contributed by atoms with van der Waals surface area (Å²) in [5, 5.41) is 1.69. The second-order valence-corrected chi connectivity index (χ2v) is 6.88. The molecule has 0 aromatic carbocycles. The van der Waals surface area contributed by atoms with Gasteiger partial charge < -0.3 is 4.74 Å². The van der Waals surface area contributed by atoms with Gasteiger partial charge in [0.05, 0.1) is 7.11 Å². The van der Waals surface area contributed by atoms with Crippen molar-refractivity contribution >= 4 is 27.3 Å². The number of rotatable bonds is 6.